The number of rotatable bonds is 6. The Morgan fingerprint density at radius 3 is 2.27 bits per heavy atom. The lowest BCUT2D eigenvalue weighted by Crippen LogP contribution is -2.41. The third-order valence-electron chi connectivity index (χ3n) is 7.28. The van der Waals surface area contributed by atoms with E-state index in [0.717, 1.165) is 28.1 Å². The molecule has 0 spiro atoms. The quantitative estimate of drug-likeness (QED) is 0.537. The van der Waals surface area contributed by atoms with Crippen LogP contribution in [-0.2, 0) is 4.79 Å². The number of carboxylic acids is 1. The normalized spacial score (nSPS) is 21.1. The fourth-order valence-electron chi connectivity index (χ4n) is 5.66. The van der Waals surface area contributed by atoms with Gasteiger partial charge in [0.2, 0.25) is 12.5 Å². The molecule has 0 saturated heterocycles. The first kappa shape index (κ1) is 23.0. The van der Waals surface area contributed by atoms with Gasteiger partial charge in [0.25, 0.3) is 0 Å². The highest BCUT2D eigenvalue weighted by Crippen LogP contribution is 2.52. The molecule has 190 valence electrons. The number of methoxy groups -OCH3 is 3. The number of aliphatic carboxylic acids is 1. The van der Waals surface area contributed by atoms with E-state index in [9.17, 15) is 9.90 Å². The van der Waals surface area contributed by atoms with Crippen molar-refractivity contribution in [2.45, 2.75) is 5.92 Å². The van der Waals surface area contributed by atoms with E-state index in [-0.39, 0.29) is 12.7 Å². The minimum atomic E-state index is -0.908. The molecule has 3 aliphatic rings. The lowest BCUT2D eigenvalue weighted by atomic mass is 9.65. The number of para-hydroxylation sites is 1. The van der Waals surface area contributed by atoms with E-state index in [2.05, 4.69) is 0 Å². The van der Waals surface area contributed by atoms with Gasteiger partial charge in [0, 0.05) is 17.4 Å². The van der Waals surface area contributed by atoms with Crippen molar-refractivity contribution in [3.63, 3.8) is 0 Å². The van der Waals surface area contributed by atoms with Crippen LogP contribution in [0.1, 0.15) is 22.6 Å². The van der Waals surface area contributed by atoms with E-state index in [1.807, 2.05) is 59.6 Å². The van der Waals surface area contributed by atoms with E-state index >= 15 is 0 Å². The summed E-state index contributed by atoms with van der Waals surface area (Å²) in [6.45, 7) is 0.548. The number of fused-ring (bicyclic) bond motifs is 4. The summed E-state index contributed by atoms with van der Waals surface area (Å²) >= 11 is 0. The van der Waals surface area contributed by atoms with Crippen molar-refractivity contribution in [1.82, 2.24) is 0 Å². The SMILES string of the molecule is COc1cc([C@@H]2c3cc4c(cc3C3=NN(c5ccccc5)CC3[C@@H]2C(=O)O)OCO4)cc(OC)c1OC. The third-order valence-corrected chi connectivity index (χ3v) is 7.28. The Labute approximate surface area is 213 Å². The van der Waals surface area contributed by atoms with E-state index < -0.39 is 17.8 Å². The van der Waals surface area contributed by atoms with Gasteiger partial charge in [0.05, 0.1) is 45.2 Å². The molecule has 2 heterocycles. The van der Waals surface area contributed by atoms with E-state index in [4.69, 9.17) is 28.8 Å². The molecule has 1 N–H and O–H groups in total. The summed E-state index contributed by atoms with van der Waals surface area (Å²) in [5.74, 6) is -0.0446. The zero-order chi connectivity index (χ0) is 25.7. The second-order valence-corrected chi connectivity index (χ2v) is 9.10. The van der Waals surface area contributed by atoms with Crippen molar-refractivity contribution >= 4 is 17.4 Å². The molecule has 3 atom stereocenters. The second-order valence-electron chi connectivity index (χ2n) is 9.10. The van der Waals surface area contributed by atoms with Crippen LogP contribution in [0, 0.1) is 11.8 Å². The van der Waals surface area contributed by atoms with Crippen LogP contribution in [0.25, 0.3) is 0 Å². The molecule has 0 aromatic heterocycles. The lowest BCUT2D eigenvalue weighted by Gasteiger charge is -2.36. The van der Waals surface area contributed by atoms with Gasteiger partial charge in [-0.3, -0.25) is 9.80 Å². The Balaban J connectivity index is 1.57. The molecule has 0 saturated carbocycles. The molecule has 37 heavy (non-hydrogen) atoms. The van der Waals surface area contributed by atoms with Crippen LogP contribution in [0.3, 0.4) is 0 Å². The number of hydrogen-bond donors (Lipinski definition) is 1. The molecule has 2 aliphatic heterocycles. The minimum Gasteiger partial charge on any atom is -0.493 e. The lowest BCUT2D eigenvalue weighted by molar-refractivity contribution is -0.143. The zero-order valence-corrected chi connectivity index (χ0v) is 20.6. The molecule has 3 aromatic rings. The first-order valence-corrected chi connectivity index (χ1v) is 11.9. The smallest absolute Gasteiger partial charge is 0.308 e. The predicted molar refractivity (Wildman–Crippen MR) is 135 cm³/mol. The molecule has 0 amide bonds. The van der Waals surface area contributed by atoms with Gasteiger partial charge in [-0.05, 0) is 47.5 Å². The monoisotopic (exact) mass is 502 g/mol. The van der Waals surface area contributed by atoms with Gasteiger partial charge in [-0.2, -0.15) is 5.10 Å². The van der Waals surface area contributed by atoms with Crippen molar-refractivity contribution in [3.8, 4) is 28.7 Å². The Morgan fingerprint density at radius 2 is 1.65 bits per heavy atom. The maximum absolute atomic E-state index is 13.0. The molecule has 0 fully saturated rings. The fourth-order valence-corrected chi connectivity index (χ4v) is 5.66. The van der Waals surface area contributed by atoms with Gasteiger partial charge in [0.15, 0.2) is 23.0 Å². The molecule has 3 aromatic carbocycles. The first-order valence-electron chi connectivity index (χ1n) is 11.9. The zero-order valence-electron chi connectivity index (χ0n) is 20.6. The summed E-state index contributed by atoms with van der Waals surface area (Å²) in [5.41, 5.74) is 4.02. The van der Waals surface area contributed by atoms with Crippen LogP contribution < -0.4 is 28.7 Å². The summed E-state index contributed by atoms with van der Waals surface area (Å²) in [6.07, 6.45) is 0. The molecule has 0 bridgehead atoms. The number of benzene rings is 3. The first-order chi connectivity index (χ1) is 18.0. The van der Waals surface area contributed by atoms with Gasteiger partial charge >= 0.3 is 5.97 Å². The largest absolute Gasteiger partial charge is 0.493 e. The minimum absolute atomic E-state index is 0.113. The molecule has 6 rings (SSSR count). The van der Waals surface area contributed by atoms with Crippen LogP contribution >= 0.6 is 0 Å². The van der Waals surface area contributed by atoms with Crippen LogP contribution in [0.5, 0.6) is 28.7 Å². The topological polar surface area (TPSA) is 99.1 Å². The van der Waals surface area contributed by atoms with Crippen LogP contribution in [0.15, 0.2) is 59.7 Å². The number of anilines is 1. The number of carboxylic acid groups (broad SMARTS) is 1. The van der Waals surface area contributed by atoms with Crippen molar-refractivity contribution < 1.29 is 33.6 Å². The molecular formula is C28H26N2O7. The van der Waals surface area contributed by atoms with Crippen molar-refractivity contribution in [1.29, 1.82) is 0 Å². The van der Waals surface area contributed by atoms with Gasteiger partial charge in [-0.15, -0.1) is 0 Å². The Bertz CT molecular complexity index is 1380. The number of nitrogens with zero attached hydrogens (tertiary/aromatic N) is 2. The standard InChI is InChI=1S/C28H26N2O7/c1-33-22-9-15(10-23(34-2)27(22)35-3)24-17-11-20-21(37-14-36-20)12-18(17)26-19(25(24)28(31)32)13-30(29-26)16-7-5-4-6-8-16/h4-12,19,24-25H,13-14H2,1-3H3,(H,31,32)/t19?,24-,25+/m1/s1. The summed E-state index contributed by atoms with van der Waals surface area (Å²) in [7, 11) is 4.63. The third kappa shape index (κ3) is 3.61. The van der Waals surface area contributed by atoms with Crippen LogP contribution in [0.2, 0.25) is 0 Å². The average molecular weight is 503 g/mol. The van der Waals surface area contributed by atoms with Crippen molar-refractivity contribution in [2.75, 3.05) is 39.7 Å². The van der Waals surface area contributed by atoms with Gasteiger partial charge in [-0.1, -0.05) is 18.2 Å². The highest BCUT2D eigenvalue weighted by atomic mass is 16.7. The number of hydrazone groups is 1. The number of hydrogen-bond acceptors (Lipinski definition) is 8. The van der Waals surface area contributed by atoms with Crippen molar-refractivity contribution in [2.24, 2.45) is 16.9 Å². The number of ether oxygens (including phenoxy) is 5. The summed E-state index contributed by atoms with van der Waals surface area (Å²) < 4.78 is 28.1. The molecule has 9 nitrogen and oxygen atoms in total. The molecule has 0 radical (unpaired) electrons. The van der Waals surface area contributed by atoms with Gasteiger partial charge in [0.1, 0.15) is 0 Å². The summed E-state index contributed by atoms with van der Waals surface area (Å²) in [5, 5.41) is 17.4. The van der Waals surface area contributed by atoms with Gasteiger partial charge in [-0.25, -0.2) is 0 Å². The van der Waals surface area contributed by atoms with E-state index in [1.165, 1.54) is 7.11 Å². The second kappa shape index (κ2) is 8.92. The molecule has 9 heteroatoms. The summed E-state index contributed by atoms with van der Waals surface area (Å²) in [6, 6.07) is 17.2. The van der Waals surface area contributed by atoms with Gasteiger partial charge < -0.3 is 28.8 Å². The predicted octanol–water partition coefficient (Wildman–Crippen LogP) is 4.13. The molecule has 1 aliphatic carbocycles. The fraction of sp³-hybridized carbons (Fsp3) is 0.286. The maximum Gasteiger partial charge on any atom is 0.308 e. The van der Waals surface area contributed by atoms with Crippen LogP contribution in [0.4, 0.5) is 5.69 Å². The molecule has 1 unspecified atom stereocenters. The average Bonchev–Trinajstić information content (AvgIpc) is 3.57. The Kier molecular flexibility index (Phi) is 5.55. The maximum atomic E-state index is 13.0. The Morgan fingerprint density at radius 1 is 0.973 bits per heavy atom. The van der Waals surface area contributed by atoms with E-state index in [1.54, 1.807) is 14.2 Å². The Hall–Kier alpha value is -4.40. The van der Waals surface area contributed by atoms with E-state index in [0.29, 0.717) is 35.3 Å². The highest BCUT2D eigenvalue weighted by Gasteiger charge is 2.50. The summed E-state index contributed by atoms with van der Waals surface area (Å²) in [4.78, 5) is 13.0. The molecular weight excluding hydrogens is 476 g/mol. The van der Waals surface area contributed by atoms with Crippen LogP contribution in [-0.4, -0.2) is 51.5 Å². The highest BCUT2D eigenvalue weighted by molar-refractivity contribution is 6.09. The number of carbonyl (C=O) groups is 1. The van der Waals surface area contributed by atoms with Crippen molar-refractivity contribution in [3.05, 3.63) is 71.3 Å².